The lowest BCUT2D eigenvalue weighted by Gasteiger charge is -2.10. The van der Waals surface area contributed by atoms with E-state index in [-0.39, 0.29) is 5.91 Å². The Morgan fingerprint density at radius 2 is 1.59 bits per heavy atom. The van der Waals surface area contributed by atoms with E-state index in [1.807, 2.05) is 42.5 Å². The van der Waals surface area contributed by atoms with E-state index in [4.69, 9.17) is 14.2 Å². The molecule has 0 aliphatic carbocycles. The number of nitrogens with zero attached hydrogens (tertiary/aromatic N) is 1. The first-order chi connectivity index (χ1) is 15.6. The Hall–Kier alpha value is -3.74. The Morgan fingerprint density at radius 1 is 0.844 bits per heavy atom. The average molecular weight is 436 g/mol. The Labute approximate surface area is 188 Å². The van der Waals surface area contributed by atoms with Crippen molar-refractivity contribution in [3.8, 4) is 17.2 Å². The maximum Gasteiger partial charge on any atom is 0.224 e. The van der Waals surface area contributed by atoms with Crippen molar-refractivity contribution in [1.82, 2.24) is 4.98 Å². The highest BCUT2D eigenvalue weighted by Crippen LogP contribution is 2.28. The molecule has 0 aliphatic rings. The van der Waals surface area contributed by atoms with E-state index in [9.17, 15) is 4.79 Å². The molecule has 0 spiro atoms. The van der Waals surface area contributed by atoms with Crippen molar-refractivity contribution < 1.29 is 19.0 Å². The third-order valence-corrected chi connectivity index (χ3v) is 5.01. The molecular weight excluding hydrogens is 406 g/mol. The average Bonchev–Trinajstić information content (AvgIpc) is 2.84. The number of anilines is 2. The number of pyridine rings is 1. The van der Waals surface area contributed by atoms with E-state index in [1.54, 1.807) is 27.5 Å². The van der Waals surface area contributed by atoms with Gasteiger partial charge in [0.1, 0.15) is 11.6 Å². The molecule has 3 aromatic rings. The zero-order valence-corrected chi connectivity index (χ0v) is 18.7. The molecule has 1 aromatic heterocycles. The number of methoxy groups -OCH3 is 3. The SMILES string of the molecule is COc1ccc(CCNc2ccc(NC(=O)CCc3ccc(OC)c(OC)c3)cn2)cc1. The summed E-state index contributed by atoms with van der Waals surface area (Å²) in [7, 11) is 4.85. The van der Waals surface area contributed by atoms with Crippen molar-refractivity contribution in [2.75, 3.05) is 38.5 Å². The molecule has 168 valence electrons. The van der Waals surface area contributed by atoms with Gasteiger partial charge in [0.15, 0.2) is 11.5 Å². The van der Waals surface area contributed by atoms with Gasteiger partial charge in [-0.25, -0.2) is 4.98 Å². The van der Waals surface area contributed by atoms with Crippen LogP contribution in [-0.2, 0) is 17.6 Å². The Kier molecular flexibility index (Phi) is 8.31. The molecule has 32 heavy (non-hydrogen) atoms. The van der Waals surface area contributed by atoms with Crippen LogP contribution in [0.5, 0.6) is 17.2 Å². The standard InChI is InChI=1S/C25H29N3O4/c1-30-21-9-4-18(5-10-21)14-15-26-24-12-8-20(17-27-24)28-25(29)13-7-19-6-11-22(31-2)23(16-19)32-3/h4-6,8-12,16-17H,7,13-15H2,1-3H3,(H,26,27)(H,28,29). The Bertz CT molecular complexity index is 1000. The fourth-order valence-corrected chi connectivity index (χ4v) is 3.22. The first-order valence-corrected chi connectivity index (χ1v) is 10.4. The molecule has 7 nitrogen and oxygen atoms in total. The van der Waals surface area contributed by atoms with Crippen LogP contribution < -0.4 is 24.8 Å². The normalized spacial score (nSPS) is 10.3. The monoisotopic (exact) mass is 435 g/mol. The number of hydrogen-bond donors (Lipinski definition) is 2. The second-order valence-corrected chi connectivity index (χ2v) is 7.19. The van der Waals surface area contributed by atoms with Gasteiger partial charge < -0.3 is 24.8 Å². The van der Waals surface area contributed by atoms with Crippen LogP contribution >= 0.6 is 0 Å². The third-order valence-electron chi connectivity index (χ3n) is 5.01. The lowest BCUT2D eigenvalue weighted by Crippen LogP contribution is -2.13. The van der Waals surface area contributed by atoms with Crippen LogP contribution in [0.1, 0.15) is 17.5 Å². The predicted octanol–water partition coefficient (Wildman–Crippen LogP) is 4.33. The molecule has 0 saturated carbocycles. The third kappa shape index (κ3) is 6.63. The molecule has 7 heteroatoms. The first-order valence-electron chi connectivity index (χ1n) is 10.4. The van der Waals surface area contributed by atoms with Gasteiger partial charge in [-0.3, -0.25) is 4.79 Å². The van der Waals surface area contributed by atoms with Gasteiger partial charge in [0.25, 0.3) is 0 Å². The molecule has 0 radical (unpaired) electrons. The van der Waals surface area contributed by atoms with Gasteiger partial charge in [0.2, 0.25) is 5.91 Å². The predicted molar refractivity (Wildman–Crippen MR) is 126 cm³/mol. The number of aryl methyl sites for hydroxylation is 1. The maximum atomic E-state index is 12.3. The van der Waals surface area contributed by atoms with Crippen LogP contribution in [0.3, 0.4) is 0 Å². The van der Waals surface area contributed by atoms with Crippen LogP contribution in [0.2, 0.25) is 0 Å². The number of carbonyl (C=O) groups is 1. The topological polar surface area (TPSA) is 81.7 Å². The number of hydrogen-bond acceptors (Lipinski definition) is 6. The summed E-state index contributed by atoms with van der Waals surface area (Å²) >= 11 is 0. The van der Waals surface area contributed by atoms with Gasteiger partial charge in [0.05, 0.1) is 33.2 Å². The number of ether oxygens (including phenoxy) is 3. The minimum Gasteiger partial charge on any atom is -0.497 e. The number of nitrogens with one attached hydrogen (secondary N) is 2. The molecule has 0 bridgehead atoms. The molecular formula is C25H29N3O4. The van der Waals surface area contributed by atoms with Crippen molar-refractivity contribution in [1.29, 1.82) is 0 Å². The van der Waals surface area contributed by atoms with Crippen molar-refractivity contribution in [2.24, 2.45) is 0 Å². The van der Waals surface area contributed by atoms with Crippen LogP contribution in [0, 0.1) is 0 Å². The van der Waals surface area contributed by atoms with E-state index in [2.05, 4.69) is 27.8 Å². The fraction of sp³-hybridized carbons (Fsp3) is 0.280. The van der Waals surface area contributed by atoms with E-state index < -0.39 is 0 Å². The smallest absolute Gasteiger partial charge is 0.224 e. The van der Waals surface area contributed by atoms with Gasteiger partial charge in [-0.15, -0.1) is 0 Å². The Morgan fingerprint density at radius 3 is 2.25 bits per heavy atom. The summed E-state index contributed by atoms with van der Waals surface area (Å²) in [6, 6.07) is 17.4. The summed E-state index contributed by atoms with van der Waals surface area (Å²) in [4.78, 5) is 16.7. The zero-order chi connectivity index (χ0) is 22.8. The second-order valence-electron chi connectivity index (χ2n) is 7.19. The van der Waals surface area contributed by atoms with Crippen LogP contribution in [0.15, 0.2) is 60.8 Å². The number of aromatic nitrogens is 1. The maximum absolute atomic E-state index is 12.3. The molecule has 2 N–H and O–H groups in total. The first kappa shape index (κ1) is 22.9. The van der Waals surface area contributed by atoms with Crippen LogP contribution in [0.4, 0.5) is 11.5 Å². The van der Waals surface area contributed by atoms with E-state index in [0.717, 1.165) is 30.1 Å². The molecule has 1 amide bonds. The minimum atomic E-state index is -0.0678. The molecule has 0 unspecified atom stereocenters. The van der Waals surface area contributed by atoms with Crippen molar-refractivity contribution in [3.63, 3.8) is 0 Å². The number of rotatable bonds is 11. The zero-order valence-electron chi connectivity index (χ0n) is 18.7. The number of benzene rings is 2. The van der Waals surface area contributed by atoms with Crippen LogP contribution in [-0.4, -0.2) is 38.8 Å². The van der Waals surface area contributed by atoms with E-state index in [1.165, 1.54) is 5.56 Å². The quantitative estimate of drug-likeness (QED) is 0.467. The summed E-state index contributed by atoms with van der Waals surface area (Å²) in [6.45, 7) is 0.760. The second kappa shape index (κ2) is 11.6. The molecule has 0 atom stereocenters. The molecule has 2 aromatic carbocycles. The van der Waals surface area contributed by atoms with Gasteiger partial charge >= 0.3 is 0 Å². The molecule has 0 fully saturated rings. The van der Waals surface area contributed by atoms with Crippen molar-refractivity contribution >= 4 is 17.4 Å². The molecule has 0 aliphatic heterocycles. The summed E-state index contributed by atoms with van der Waals surface area (Å²) in [5, 5.41) is 6.18. The van der Waals surface area contributed by atoms with Crippen molar-refractivity contribution in [2.45, 2.75) is 19.3 Å². The lowest BCUT2D eigenvalue weighted by atomic mass is 10.1. The molecule has 0 saturated heterocycles. The number of carbonyl (C=O) groups excluding carboxylic acids is 1. The fourth-order valence-electron chi connectivity index (χ4n) is 3.22. The summed E-state index contributed by atoms with van der Waals surface area (Å²) in [5.41, 5.74) is 2.90. The van der Waals surface area contributed by atoms with Crippen molar-refractivity contribution in [3.05, 3.63) is 71.9 Å². The molecule has 3 rings (SSSR count). The molecule has 1 heterocycles. The lowest BCUT2D eigenvalue weighted by molar-refractivity contribution is -0.116. The van der Waals surface area contributed by atoms with E-state index >= 15 is 0 Å². The summed E-state index contributed by atoms with van der Waals surface area (Å²) < 4.78 is 15.7. The van der Waals surface area contributed by atoms with Gasteiger partial charge in [-0.05, 0) is 60.4 Å². The Balaban J connectivity index is 1.43. The highest BCUT2D eigenvalue weighted by molar-refractivity contribution is 5.90. The van der Waals surface area contributed by atoms with Gasteiger partial charge in [-0.1, -0.05) is 18.2 Å². The van der Waals surface area contributed by atoms with Gasteiger partial charge in [-0.2, -0.15) is 0 Å². The van der Waals surface area contributed by atoms with Gasteiger partial charge in [0, 0.05) is 13.0 Å². The highest BCUT2D eigenvalue weighted by atomic mass is 16.5. The van der Waals surface area contributed by atoms with Crippen LogP contribution in [0.25, 0.3) is 0 Å². The highest BCUT2D eigenvalue weighted by Gasteiger charge is 2.08. The number of amides is 1. The van der Waals surface area contributed by atoms with E-state index in [0.29, 0.717) is 30.0 Å². The summed E-state index contributed by atoms with van der Waals surface area (Å²) in [5.74, 6) is 2.88. The largest absolute Gasteiger partial charge is 0.497 e. The minimum absolute atomic E-state index is 0.0678. The summed E-state index contributed by atoms with van der Waals surface area (Å²) in [6.07, 6.45) is 3.49.